The van der Waals surface area contributed by atoms with Crippen LogP contribution in [-0.2, 0) is 4.79 Å². The van der Waals surface area contributed by atoms with E-state index in [-0.39, 0.29) is 5.91 Å². The van der Waals surface area contributed by atoms with Gasteiger partial charge in [0.15, 0.2) is 0 Å². The van der Waals surface area contributed by atoms with Crippen LogP contribution in [0.25, 0.3) is 0 Å². The summed E-state index contributed by atoms with van der Waals surface area (Å²) in [5, 5.41) is 0. The van der Waals surface area contributed by atoms with E-state index in [9.17, 15) is 4.79 Å². The Hall–Kier alpha value is -1.57. The number of anilines is 1. The molecule has 0 fully saturated rings. The SMILES string of the molecule is CC1=CCCC(=O)N1c1ccccc1. The number of carbonyl (C=O) groups excluding carboxylic acids is 1. The summed E-state index contributed by atoms with van der Waals surface area (Å²) >= 11 is 0. The van der Waals surface area contributed by atoms with Gasteiger partial charge in [0.05, 0.1) is 0 Å². The lowest BCUT2D eigenvalue weighted by Crippen LogP contribution is -2.31. The number of amides is 1. The maximum absolute atomic E-state index is 11.7. The molecule has 2 rings (SSSR count). The topological polar surface area (TPSA) is 20.3 Å². The first-order valence-corrected chi connectivity index (χ1v) is 4.84. The van der Waals surface area contributed by atoms with E-state index in [2.05, 4.69) is 6.08 Å². The molecule has 0 saturated carbocycles. The second-order valence-electron chi connectivity index (χ2n) is 3.45. The Morgan fingerprint density at radius 2 is 1.93 bits per heavy atom. The first kappa shape index (κ1) is 9.00. The van der Waals surface area contributed by atoms with Crippen LogP contribution in [0.2, 0.25) is 0 Å². The van der Waals surface area contributed by atoms with Gasteiger partial charge in [-0.25, -0.2) is 0 Å². The van der Waals surface area contributed by atoms with Gasteiger partial charge in [-0.1, -0.05) is 24.3 Å². The van der Waals surface area contributed by atoms with Crippen LogP contribution < -0.4 is 4.90 Å². The molecule has 1 aliphatic rings. The molecule has 1 amide bonds. The second kappa shape index (κ2) is 3.66. The summed E-state index contributed by atoms with van der Waals surface area (Å²) in [6, 6.07) is 9.77. The molecule has 1 aliphatic heterocycles. The summed E-state index contributed by atoms with van der Waals surface area (Å²) in [5.41, 5.74) is 2.00. The van der Waals surface area contributed by atoms with Crippen molar-refractivity contribution in [3.8, 4) is 0 Å². The Kier molecular flexibility index (Phi) is 2.35. The number of nitrogens with zero attached hydrogens (tertiary/aromatic N) is 1. The molecule has 72 valence electrons. The third-order valence-corrected chi connectivity index (χ3v) is 2.41. The Morgan fingerprint density at radius 1 is 1.21 bits per heavy atom. The van der Waals surface area contributed by atoms with Crippen LogP contribution in [0, 0.1) is 0 Å². The molecule has 0 N–H and O–H groups in total. The monoisotopic (exact) mass is 187 g/mol. The molecule has 0 spiro atoms. The van der Waals surface area contributed by atoms with Gasteiger partial charge in [0, 0.05) is 17.8 Å². The second-order valence-corrected chi connectivity index (χ2v) is 3.45. The van der Waals surface area contributed by atoms with E-state index in [1.165, 1.54) is 0 Å². The molecular weight excluding hydrogens is 174 g/mol. The summed E-state index contributed by atoms with van der Waals surface area (Å²) in [6.07, 6.45) is 3.59. The molecule has 0 atom stereocenters. The molecule has 14 heavy (non-hydrogen) atoms. The predicted octanol–water partition coefficient (Wildman–Crippen LogP) is 2.72. The zero-order chi connectivity index (χ0) is 9.97. The van der Waals surface area contributed by atoms with Crippen molar-refractivity contribution in [1.29, 1.82) is 0 Å². The number of para-hydroxylation sites is 1. The van der Waals surface area contributed by atoms with Gasteiger partial charge >= 0.3 is 0 Å². The summed E-state index contributed by atoms with van der Waals surface area (Å²) in [6.45, 7) is 1.98. The normalized spacial score (nSPS) is 16.8. The first-order chi connectivity index (χ1) is 6.79. The molecule has 0 bridgehead atoms. The number of carbonyl (C=O) groups is 1. The highest BCUT2D eigenvalue weighted by Crippen LogP contribution is 2.23. The van der Waals surface area contributed by atoms with Crippen molar-refractivity contribution in [2.24, 2.45) is 0 Å². The van der Waals surface area contributed by atoms with Gasteiger partial charge in [-0.2, -0.15) is 0 Å². The number of hydrogen-bond acceptors (Lipinski definition) is 1. The van der Waals surface area contributed by atoms with Crippen molar-refractivity contribution >= 4 is 11.6 Å². The Balaban J connectivity index is 2.37. The lowest BCUT2D eigenvalue weighted by Gasteiger charge is -2.26. The third kappa shape index (κ3) is 1.55. The molecule has 2 nitrogen and oxygen atoms in total. The number of rotatable bonds is 1. The average molecular weight is 187 g/mol. The lowest BCUT2D eigenvalue weighted by atomic mass is 10.1. The van der Waals surface area contributed by atoms with Gasteiger partial charge in [-0.15, -0.1) is 0 Å². The van der Waals surface area contributed by atoms with E-state index in [0.29, 0.717) is 6.42 Å². The number of benzene rings is 1. The molecule has 0 aromatic heterocycles. The molecule has 0 unspecified atom stereocenters. The van der Waals surface area contributed by atoms with E-state index in [1.54, 1.807) is 4.90 Å². The zero-order valence-electron chi connectivity index (χ0n) is 8.23. The van der Waals surface area contributed by atoms with Crippen LogP contribution >= 0.6 is 0 Å². The quantitative estimate of drug-likeness (QED) is 0.662. The lowest BCUT2D eigenvalue weighted by molar-refractivity contribution is -0.118. The first-order valence-electron chi connectivity index (χ1n) is 4.84. The Morgan fingerprint density at radius 3 is 2.57 bits per heavy atom. The fourth-order valence-electron chi connectivity index (χ4n) is 1.73. The largest absolute Gasteiger partial charge is 0.285 e. The fourth-order valence-corrected chi connectivity index (χ4v) is 1.73. The van der Waals surface area contributed by atoms with Crippen LogP contribution in [-0.4, -0.2) is 5.91 Å². The summed E-state index contributed by atoms with van der Waals surface area (Å²) < 4.78 is 0. The molecule has 0 saturated heterocycles. The highest BCUT2D eigenvalue weighted by atomic mass is 16.2. The molecule has 1 aromatic rings. The molecule has 1 aromatic carbocycles. The molecule has 0 radical (unpaired) electrons. The maximum Gasteiger partial charge on any atom is 0.231 e. The summed E-state index contributed by atoms with van der Waals surface area (Å²) in [5.74, 6) is 0.191. The van der Waals surface area contributed by atoms with Crippen LogP contribution in [0.15, 0.2) is 42.1 Å². The zero-order valence-corrected chi connectivity index (χ0v) is 8.23. The smallest absolute Gasteiger partial charge is 0.231 e. The maximum atomic E-state index is 11.7. The predicted molar refractivity (Wildman–Crippen MR) is 56.9 cm³/mol. The van der Waals surface area contributed by atoms with Crippen LogP contribution in [0.5, 0.6) is 0 Å². The van der Waals surface area contributed by atoms with Crippen molar-refractivity contribution < 1.29 is 4.79 Å². The molecule has 2 heteroatoms. The minimum atomic E-state index is 0.191. The Labute approximate surface area is 83.8 Å². The molecule has 0 aliphatic carbocycles. The van der Waals surface area contributed by atoms with Crippen LogP contribution in [0.4, 0.5) is 5.69 Å². The van der Waals surface area contributed by atoms with E-state index < -0.39 is 0 Å². The fraction of sp³-hybridized carbons (Fsp3) is 0.250. The van der Waals surface area contributed by atoms with Crippen molar-refractivity contribution in [3.05, 3.63) is 42.1 Å². The van der Waals surface area contributed by atoms with Gasteiger partial charge < -0.3 is 0 Å². The van der Waals surface area contributed by atoms with Gasteiger partial charge in [0.2, 0.25) is 5.91 Å². The van der Waals surface area contributed by atoms with Gasteiger partial charge in [0.25, 0.3) is 0 Å². The van der Waals surface area contributed by atoms with Crippen molar-refractivity contribution in [2.75, 3.05) is 4.90 Å². The van der Waals surface area contributed by atoms with Crippen molar-refractivity contribution in [3.63, 3.8) is 0 Å². The Bertz CT molecular complexity index is 367. The number of hydrogen-bond donors (Lipinski definition) is 0. The summed E-state index contributed by atoms with van der Waals surface area (Å²) in [4.78, 5) is 13.5. The van der Waals surface area contributed by atoms with Crippen LogP contribution in [0.1, 0.15) is 19.8 Å². The highest BCUT2D eigenvalue weighted by molar-refractivity contribution is 5.97. The van der Waals surface area contributed by atoms with E-state index in [0.717, 1.165) is 17.8 Å². The van der Waals surface area contributed by atoms with Crippen molar-refractivity contribution in [1.82, 2.24) is 0 Å². The summed E-state index contributed by atoms with van der Waals surface area (Å²) in [7, 11) is 0. The van der Waals surface area contributed by atoms with Gasteiger partial charge in [-0.05, 0) is 25.5 Å². The standard InChI is InChI=1S/C12H13NO/c1-10-6-5-9-12(14)13(10)11-7-3-2-4-8-11/h2-4,6-8H,5,9H2,1H3. The van der Waals surface area contributed by atoms with E-state index in [4.69, 9.17) is 0 Å². The van der Waals surface area contributed by atoms with E-state index in [1.807, 2.05) is 37.3 Å². The van der Waals surface area contributed by atoms with Crippen molar-refractivity contribution in [2.45, 2.75) is 19.8 Å². The average Bonchev–Trinajstić information content (AvgIpc) is 2.19. The molecule has 1 heterocycles. The third-order valence-electron chi connectivity index (χ3n) is 2.41. The van der Waals surface area contributed by atoms with Gasteiger partial charge in [-0.3, -0.25) is 9.69 Å². The minimum Gasteiger partial charge on any atom is -0.285 e. The van der Waals surface area contributed by atoms with Crippen LogP contribution in [0.3, 0.4) is 0 Å². The van der Waals surface area contributed by atoms with E-state index >= 15 is 0 Å². The molecular formula is C12H13NO. The minimum absolute atomic E-state index is 0.191. The highest BCUT2D eigenvalue weighted by Gasteiger charge is 2.19. The number of allylic oxidation sites excluding steroid dienone is 2. The van der Waals surface area contributed by atoms with Gasteiger partial charge in [0.1, 0.15) is 0 Å².